The summed E-state index contributed by atoms with van der Waals surface area (Å²) in [5, 5.41) is 3.05. The van der Waals surface area contributed by atoms with Gasteiger partial charge in [0.15, 0.2) is 0 Å². The molecule has 23 heavy (non-hydrogen) atoms. The number of aromatic nitrogens is 2. The van der Waals surface area contributed by atoms with Crippen LogP contribution in [0.5, 0.6) is 0 Å². The predicted octanol–water partition coefficient (Wildman–Crippen LogP) is 3.58. The van der Waals surface area contributed by atoms with Crippen molar-refractivity contribution in [2.45, 2.75) is 13.0 Å². The summed E-state index contributed by atoms with van der Waals surface area (Å²) in [6.07, 6.45) is 5.45. The second-order valence-electron chi connectivity index (χ2n) is 5.57. The van der Waals surface area contributed by atoms with Gasteiger partial charge in [0.05, 0.1) is 6.04 Å². The fourth-order valence-electron chi connectivity index (χ4n) is 2.59. The van der Waals surface area contributed by atoms with Crippen LogP contribution in [0.4, 0.5) is 0 Å². The molecule has 4 nitrogen and oxygen atoms in total. The van der Waals surface area contributed by atoms with Crippen molar-refractivity contribution in [2.75, 3.05) is 0 Å². The van der Waals surface area contributed by atoms with Gasteiger partial charge in [0.25, 0.3) is 5.91 Å². The van der Waals surface area contributed by atoms with Gasteiger partial charge < -0.3 is 9.88 Å². The minimum atomic E-state index is -0.0795. The molecule has 0 saturated carbocycles. The van der Waals surface area contributed by atoms with E-state index in [4.69, 9.17) is 0 Å². The summed E-state index contributed by atoms with van der Waals surface area (Å²) in [4.78, 5) is 16.6. The van der Waals surface area contributed by atoms with Crippen LogP contribution in [0.3, 0.4) is 0 Å². The van der Waals surface area contributed by atoms with Gasteiger partial charge in [-0.3, -0.25) is 9.78 Å². The van der Waals surface area contributed by atoms with Crippen molar-refractivity contribution in [3.8, 4) is 11.1 Å². The van der Waals surface area contributed by atoms with Crippen LogP contribution in [0.1, 0.15) is 29.0 Å². The number of carbonyl (C=O) groups is 1. The average molecular weight is 305 g/mol. The van der Waals surface area contributed by atoms with E-state index in [1.807, 2.05) is 73.3 Å². The van der Waals surface area contributed by atoms with Crippen LogP contribution in [0, 0.1) is 0 Å². The Kier molecular flexibility index (Phi) is 4.24. The summed E-state index contributed by atoms with van der Waals surface area (Å²) >= 11 is 0. The number of nitrogens with one attached hydrogen (secondary N) is 1. The SMILES string of the molecule is CC(NC(=O)c1cc(-c2ccncc2)cn1C)c1ccccc1. The van der Waals surface area contributed by atoms with E-state index in [9.17, 15) is 4.79 Å². The fraction of sp³-hybridized carbons (Fsp3) is 0.158. The fourth-order valence-corrected chi connectivity index (χ4v) is 2.59. The van der Waals surface area contributed by atoms with Gasteiger partial charge in [-0.1, -0.05) is 30.3 Å². The Labute approximate surface area is 135 Å². The lowest BCUT2D eigenvalue weighted by molar-refractivity contribution is 0.0931. The van der Waals surface area contributed by atoms with Gasteiger partial charge in [-0.2, -0.15) is 0 Å². The molecule has 4 heteroatoms. The quantitative estimate of drug-likeness (QED) is 0.801. The van der Waals surface area contributed by atoms with Gasteiger partial charge in [0.2, 0.25) is 0 Å². The van der Waals surface area contributed by atoms with Gasteiger partial charge in [-0.05, 0) is 36.2 Å². The predicted molar refractivity (Wildman–Crippen MR) is 91.0 cm³/mol. The third-order valence-electron chi connectivity index (χ3n) is 3.90. The van der Waals surface area contributed by atoms with E-state index in [0.717, 1.165) is 16.7 Å². The van der Waals surface area contributed by atoms with Crippen LogP contribution >= 0.6 is 0 Å². The van der Waals surface area contributed by atoms with E-state index in [1.54, 1.807) is 12.4 Å². The molecule has 2 heterocycles. The van der Waals surface area contributed by atoms with Crippen molar-refractivity contribution >= 4 is 5.91 Å². The largest absolute Gasteiger partial charge is 0.346 e. The summed E-state index contributed by atoms with van der Waals surface area (Å²) in [5.74, 6) is -0.0795. The van der Waals surface area contributed by atoms with E-state index in [0.29, 0.717) is 5.69 Å². The number of aryl methyl sites for hydroxylation is 1. The van der Waals surface area contributed by atoms with Crippen molar-refractivity contribution in [1.82, 2.24) is 14.9 Å². The Balaban J connectivity index is 1.79. The van der Waals surface area contributed by atoms with Gasteiger partial charge in [-0.15, -0.1) is 0 Å². The Morgan fingerprint density at radius 2 is 1.78 bits per heavy atom. The number of rotatable bonds is 4. The number of hydrogen-bond acceptors (Lipinski definition) is 2. The van der Waals surface area contributed by atoms with E-state index >= 15 is 0 Å². The standard InChI is InChI=1S/C19H19N3O/c1-14(15-6-4-3-5-7-15)21-19(23)18-12-17(13-22(18)2)16-8-10-20-11-9-16/h3-14H,1-2H3,(H,21,23). The zero-order chi connectivity index (χ0) is 16.2. The third-order valence-corrected chi connectivity index (χ3v) is 3.90. The maximum Gasteiger partial charge on any atom is 0.268 e. The highest BCUT2D eigenvalue weighted by molar-refractivity contribution is 5.94. The minimum absolute atomic E-state index is 0.0389. The normalized spacial score (nSPS) is 11.9. The number of carbonyl (C=O) groups excluding carboxylic acids is 1. The average Bonchev–Trinajstić information content (AvgIpc) is 2.98. The van der Waals surface area contributed by atoms with Crippen LogP contribution in [0.15, 0.2) is 67.1 Å². The van der Waals surface area contributed by atoms with Gasteiger partial charge in [-0.25, -0.2) is 0 Å². The summed E-state index contributed by atoms with van der Waals surface area (Å²) in [6, 6.07) is 15.7. The number of nitrogens with zero attached hydrogens (tertiary/aromatic N) is 2. The van der Waals surface area contributed by atoms with E-state index < -0.39 is 0 Å². The second kappa shape index (κ2) is 6.48. The van der Waals surface area contributed by atoms with Crippen LogP contribution in [-0.2, 0) is 7.05 Å². The van der Waals surface area contributed by atoms with Crippen molar-refractivity contribution in [1.29, 1.82) is 0 Å². The van der Waals surface area contributed by atoms with Crippen LogP contribution in [0.25, 0.3) is 11.1 Å². The van der Waals surface area contributed by atoms with Gasteiger partial charge >= 0.3 is 0 Å². The molecule has 1 atom stereocenters. The summed E-state index contributed by atoms with van der Waals surface area (Å²) in [6.45, 7) is 1.99. The molecule has 0 radical (unpaired) electrons. The number of pyridine rings is 1. The van der Waals surface area contributed by atoms with Crippen molar-refractivity contribution in [2.24, 2.45) is 7.05 Å². The molecule has 1 aromatic carbocycles. The molecule has 1 unspecified atom stereocenters. The maximum absolute atomic E-state index is 12.5. The zero-order valence-corrected chi connectivity index (χ0v) is 13.2. The highest BCUT2D eigenvalue weighted by atomic mass is 16.2. The number of benzene rings is 1. The lowest BCUT2D eigenvalue weighted by Crippen LogP contribution is -2.28. The molecule has 0 saturated heterocycles. The first kappa shape index (κ1) is 15.0. The lowest BCUT2D eigenvalue weighted by Gasteiger charge is -2.14. The van der Waals surface area contributed by atoms with Gasteiger partial charge in [0.1, 0.15) is 5.69 Å². The van der Waals surface area contributed by atoms with Crippen molar-refractivity contribution in [3.63, 3.8) is 0 Å². The molecule has 0 aliphatic heterocycles. The van der Waals surface area contributed by atoms with Gasteiger partial charge in [0, 0.05) is 31.2 Å². The summed E-state index contributed by atoms with van der Waals surface area (Å²) in [7, 11) is 1.88. The topological polar surface area (TPSA) is 46.9 Å². The molecule has 2 aromatic heterocycles. The number of hydrogen-bond donors (Lipinski definition) is 1. The second-order valence-corrected chi connectivity index (χ2v) is 5.57. The molecule has 3 aromatic rings. The molecule has 0 aliphatic rings. The molecule has 1 N–H and O–H groups in total. The monoisotopic (exact) mass is 305 g/mol. The molecule has 116 valence electrons. The molecule has 0 aliphatic carbocycles. The Hall–Kier alpha value is -2.88. The molecule has 0 spiro atoms. The number of amides is 1. The molecule has 0 bridgehead atoms. The summed E-state index contributed by atoms with van der Waals surface area (Å²) in [5.41, 5.74) is 3.78. The lowest BCUT2D eigenvalue weighted by atomic mass is 10.1. The van der Waals surface area contributed by atoms with E-state index in [2.05, 4.69) is 10.3 Å². The highest BCUT2D eigenvalue weighted by Gasteiger charge is 2.15. The van der Waals surface area contributed by atoms with Crippen molar-refractivity contribution < 1.29 is 4.79 Å². The van der Waals surface area contributed by atoms with E-state index in [1.165, 1.54) is 0 Å². The molecule has 3 rings (SSSR count). The van der Waals surface area contributed by atoms with E-state index in [-0.39, 0.29) is 11.9 Å². The first-order valence-corrected chi connectivity index (χ1v) is 7.57. The molecule has 0 fully saturated rings. The van der Waals surface area contributed by atoms with Crippen LogP contribution < -0.4 is 5.32 Å². The maximum atomic E-state index is 12.5. The first-order valence-electron chi connectivity index (χ1n) is 7.57. The molecular weight excluding hydrogens is 286 g/mol. The van der Waals surface area contributed by atoms with Crippen molar-refractivity contribution in [3.05, 3.63) is 78.4 Å². The summed E-state index contributed by atoms with van der Waals surface area (Å²) < 4.78 is 1.85. The first-order chi connectivity index (χ1) is 11.1. The minimum Gasteiger partial charge on any atom is -0.346 e. The third kappa shape index (κ3) is 3.31. The van der Waals surface area contributed by atoms with Crippen LogP contribution in [-0.4, -0.2) is 15.5 Å². The molecular formula is C19H19N3O. The van der Waals surface area contributed by atoms with Crippen LogP contribution in [0.2, 0.25) is 0 Å². The highest BCUT2D eigenvalue weighted by Crippen LogP contribution is 2.21. The Bertz CT molecular complexity index is 794. The molecule has 1 amide bonds. The Morgan fingerprint density at radius 1 is 1.09 bits per heavy atom. The Morgan fingerprint density at radius 3 is 2.48 bits per heavy atom. The smallest absolute Gasteiger partial charge is 0.268 e. The zero-order valence-electron chi connectivity index (χ0n) is 13.2.